The number of para-hydroxylation sites is 1. The zero-order chi connectivity index (χ0) is 18.0. The van der Waals surface area contributed by atoms with Crippen molar-refractivity contribution < 1.29 is 13.2 Å². The highest BCUT2D eigenvalue weighted by Gasteiger charge is 2.12. The SMILES string of the molecule is NS(=O)(=O)Cc1ccc(NC(=O)c2cc(=O)[nH]c3ccccc23)cc1. The summed E-state index contributed by atoms with van der Waals surface area (Å²) in [6.07, 6.45) is 0. The van der Waals surface area contributed by atoms with E-state index in [4.69, 9.17) is 5.14 Å². The summed E-state index contributed by atoms with van der Waals surface area (Å²) in [5.41, 5.74) is 1.46. The Bertz CT molecular complexity index is 1100. The van der Waals surface area contributed by atoms with E-state index in [9.17, 15) is 18.0 Å². The van der Waals surface area contributed by atoms with Gasteiger partial charge in [-0.2, -0.15) is 0 Å². The number of pyridine rings is 1. The average Bonchev–Trinajstić information content (AvgIpc) is 2.54. The molecule has 0 saturated heterocycles. The van der Waals surface area contributed by atoms with Crippen molar-refractivity contribution in [2.75, 3.05) is 5.32 Å². The molecule has 3 aromatic rings. The topological polar surface area (TPSA) is 122 Å². The summed E-state index contributed by atoms with van der Waals surface area (Å²) in [4.78, 5) is 26.9. The number of fused-ring (bicyclic) bond motifs is 1. The fraction of sp³-hybridized carbons (Fsp3) is 0.0588. The van der Waals surface area contributed by atoms with Crippen molar-refractivity contribution >= 4 is 32.5 Å². The van der Waals surface area contributed by atoms with E-state index in [0.29, 0.717) is 22.2 Å². The predicted octanol–water partition coefficient (Wildman–Crippen LogP) is 1.57. The number of nitrogens with two attached hydrogens (primary N) is 1. The summed E-state index contributed by atoms with van der Waals surface area (Å²) in [6, 6.07) is 14.5. The first-order chi connectivity index (χ1) is 11.8. The van der Waals surface area contributed by atoms with Gasteiger partial charge < -0.3 is 10.3 Å². The molecule has 0 unspecified atom stereocenters. The first kappa shape index (κ1) is 16.9. The number of H-pyrrole nitrogens is 1. The Morgan fingerprint density at radius 1 is 1.08 bits per heavy atom. The van der Waals surface area contributed by atoms with E-state index in [-0.39, 0.29) is 16.9 Å². The molecule has 0 bridgehead atoms. The van der Waals surface area contributed by atoms with E-state index in [2.05, 4.69) is 10.3 Å². The van der Waals surface area contributed by atoms with E-state index in [0.717, 1.165) is 0 Å². The number of aromatic nitrogens is 1. The lowest BCUT2D eigenvalue weighted by atomic mass is 10.1. The van der Waals surface area contributed by atoms with Gasteiger partial charge in [0.1, 0.15) is 0 Å². The number of anilines is 1. The van der Waals surface area contributed by atoms with Crippen molar-refractivity contribution in [3.63, 3.8) is 0 Å². The lowest BCUT2D eigenvalue weighted by molar-refractivity contribution is 0.102. The lowest BCUT2D eigenvalue weighted by Crippen LogP contribution is -2.17. The predicted molar refractivity (Wildman–Crippen MR) is 95.8 cm³/mol. The summed E-state index contributed by atoms with van der Waals surface area (Å²) in [7, 11) is -3.61. The third-order valence-electron chi connectivity index (χ3n) is 3.57. The van der Waals surface area contributed by atoms with E-state index >= 15 is 0 Å². The van der Waals surface area contributed by atoms with Crippen molar-refractivity contribution in [1.29, 1.82) is 0 Å². The van der Waals surface area contributed by atoms with Gasteiger partial charge in [-0.05, 0) is 23.8 Å². The minimum absolute atomic E-state index is 0.257. The second-order valence-electron chi connectivity index (χ2n) is 5.55. The highest BCUT2D eigenvalue weighted by atomic mass is 32.2. The van der Waals surface area contributed by atoms with Crippen LogP contribution in [-0.2, 0) is 15.8 Å². The first-order valence-electron chi connectivity index (χ1n) is 7.35. The molecule has 0 fully saturated rings. The van der Waals surface area contributed by atoms with Gasteiger partial charge in [-0.15, -0.1) is 0 Å². The van der Waals surface area contributed by atoms with Crippen LogP contribution < -0.4 is 16.0 Å². The van der Waals surface area contributed by atoms with E-state index in [1.54, 1.807) is 48.5 Å². The van der Waals surface area contributed by atoms with Crippen LogP contribution in [-0.4, -0.2) is 19.3 Å². The largest absolute Gasteiger partial charge is 0.322 e. The summed E-state index contributed by atoms with van der Waals surface area (Å²) >= 11 is 0. The molecule has 8 heteroatoms. The van der Waals surface area contributed by atoms with Crippen LogP contribution in [0, 0.1) is 0 Å². The Labute approximate surface area is 143 Å². The van der Waals surface area contributed by atoms with E-state index in [1.165, 1.54) is 6.07 Å². The van der Waals surface area contributed by atoms with Gasteiger partial charge >= 0.3 is 0 Å². The minimum Gasteiger partial charge on any atom is -0.322 e. The minimum atomic E-state index is -3.61. The van der Waals surface area contributed by atoms with E-state index < -0.39 is 15.9 Å². The molecule has 0 radical (unpaired) electrons. The Balaban J connectivity index is 1.87. The number of carbonyl (C=O) groups excluding carboxylic acids is 1. The van der Waals surface area contributed by atoms with Crippen molar-refractivity contribution in [3.8, 4) is 0 Å². The zero-order valence-corrected chi connectivity index (χ0v) is 13.8. The number of amides is 1. The fourth-order valence-electron chi connectivity index (χ4n) is 2.51. The van der Waals surface area contributed by atoms with Gasteiger partial charge in [-0.1, -0.05) is 30.3 Å². The molecule has 0 spiro atoms. The number of sulfonamides is 1. The number of aromatic amines is 1. The molecule has 2 aromatic carbocycles. The Morgan fingerprint density at radius 2 is 1.76 bits per heavy atom. The normalized spacial score (nSPS) is 11.4. The summed E-state index contributed by atoms with van der Waals surface area (Å²) in [5, 5.41) is 8.32. The van der Waals surface area contributed by atoms with Gasteiger partial charge in [0, 0.05) is 22.7 Å². The van der Waals surface area contributed by atoms with Crippen molar-refractivity contribution in [2.24, 2.45) is 5.14 Å². The monoisotopic (exact) mass is 357 g/mol. The number of carbonyl (C=O) groups is 1. The summed E-state index contributed by atoms with van der Waals surface area (Å²) < 4.78 is 22.2. The number of rotatable bonds is 4. The molecule has 0 aliphatic rings. The van der Waals surface area contributed by atoms with Crippen LogP contribution in [0.5, 0.6) is 0 Å². The quantitative estimate of drug-likeness (QED) is 0.656. The second kappa shape index (κ2) is 6.50. The molecule has 1 amide bonds. The van der Waals surface area contributed by atoms with Crippen LogP contribution in [0.3, 0.4) is 0 Å². The molecule has 0 aliphatic carbocycles. The maximum Gasteiger partial charge on any atom is 0.256 e. The second-order valence-corrected chi connectivity index (χ2v) is 7.17. The van der Waals surface area contributed by atoms with Gasteiger partial charge in [0.2, 0.25) is 15.6 Å². The molecular formula is C17H15N3O4S. The molecule has 7 nitrogen and oxygen atoms in total. The first-order valence-corrected chi connectivity index (χ1v) is 9.06. The summed E-state index contributed by atoms with van der Waals surface area (Å²) in [5.74, 6) is -0.707. The molecule has 128 valence electrons. The highest BCUT2D eigenvalue weighted by Crippen LogP contribution is 2.17. The zero-order valence-electron chi connectivity index (χ0n) is 13.0. The maximum absolute atomic E-state index is 12.5. The van der Waals surface area contributed by atoms with Gasteiger partial charge in [-0.3, -0.25) is 9.59 Å². The third kappa shape index (κ3) is 4.11. The number of nitrogens with one attached hydrogen (secondary N) is 2. The van der Waals surface area contributed by atoms with Crippen LogP contribution in [0.25, 0.3) is 10.9 Å². The Hall–Kier alpha value is -2.97. The molecule has 4 N–H and O–H groups in total. The molecule has 1 heterocycles. The molecular weight excluding hydrogens is 342 g/mol. The molecule has 0 atom stereocenters. The molecule has 0 aliphatic heterocycles. The van der Waals surface area contributed by atoms with Crippen LogP contribution in [0.15, 0.2) is 59.4 Å². The fourth-order valence-corrected chi connectivity index (χ4v) is 3.16. The number of benzene rings is 2. The van der Waals surface area contributed by atoms with Gasteiger partial charge in [-0.25, -0.2) is 13.6 Å². The Morgan fingerprint density at radius 3 is 2.44 bits per heavy atom. The van der Waals surface area contributed by atoms with Crippen LogP contribution in [0.1, 0.15) is 15.9 Å². The molecule has 0 saturated carbocycles. The maximum atomic E-state index is 12.5. The molecule has 25 heavy (non-hydrogen) atoms. The van der Waals surface area contributed by atoms with Crippen LogP contribution >= 0.6 is 0 Å². The molecule has 1 aromatic heterocycles. The Kier molecular flexibility index (Phi) is 4.39. The van der Waals surface area contributed by atoms with Crippen molar-refractivity contribution in [2.45, 2.75) is 5.75 Å². The standard InChI is InChI=1S/C17H15N3O4S/c18-25(23,24)10-11-5-7-12(8-6-11)19-17(22)14-9-16(21)20-15-4-2-1-3-13(14)15/h1-9H,10H2,(H,19,22)(H,20,21)(H2,18,23,24). The lowest BCUT2D eigenvalue weighted by Gasteiger charge is -2.08. The number of hydrogen-bond donors (Lipinski definition) is 3. The van der Waals surface area contributed by atoms with Crippen molar-refractivity contribution in [3.05, 3.63) is 76.1 Å². The number of primary sulfonamides is 1. The van der Waals surface area contributed by atoms with Crippen molar-refractivity contribution in [1.82, 2.24) is 4.98 Å². The van der Waals surface area contributed by atoms with Crippen LogP contribution in [0.4, 0.5) is 5.69 Å². The van der Waals surface area contributed by atoms with Gasteiger partial charge in [0.05, 0.1) is 11.3 Å². The average molecular weight is 357 g/mol. The smallest absolute Gasteiger partial charge is 0.256 e. The van der Waals surface area contributed by atoms with Gasteiger partial charge in [0.15, 0.2) is 0 Å². The van der Waals surface area contributed by atoms with Gasteiger partial charge in [0.25, 0.3) is 5.91 Å². The summed E-state index contributed by atoms with van der Waals surface area (Å²) in [6.45, 7) is 0. The van der Waals surface area contributed by atoms with E-state index in [1.807, 2.05) is 0 Å². The highest BCUT2D eigenvalue weighted by molar-refractivity contribution is 7.88. The molecule has 3 rings (SSSR count). The third-order valence-corrected chi connectivity index (χ3v) is 4.31. The van der Waals surface area contributed by atoms with Crippen LogP contribution in [0.2, 0.25) is 0 Å². The number of hydrogen-bond acceptors (Lipinski definition) is 4.